The van der Waals surface area contributed by atoms with E-state index in [2.05, 4.69) is 24.8 Å². The highest BCUT2D eigenvalue weighted by Crippen LogP contribution is 2.43. The van der Waals surface area contributed by atoms with E-state index in [1.807, 2.05) is 31.2 Å². The predicted molar refractivity (Wildman–Crippen MR) is 103 cm³/mol. The van der Waals surface area contributed by atoms with Gasteiger partial charge in [0.25, 0.3) is 0 Å². The average molecular weight is 368 g/mol. The fourth-order valence-corrected chi connectivity index (χ4v) is 4.29. The van der Waals surface area contributed by atoms with Gasteiger partial charge in [0.05, 0.1) is 6.07 Å². The number of rotatable bonds is 3. The summed E-state index contributed by atoms with van der Waals surface area (Å²) in [6, 6.07) is 8.19. The van der Waals surface area contributed by atoms with Crippen LogP contribution in [0.1, 0.15) is 32.5 Å². The third kappa shape index (κ3) is 2.74. The minimum absolute atomic E-state index is 0.245. The van der Waals surface area contributed by atoms with Crippen molar-refractivity contribution in [1.82, 2.24) is 4.90 Å². The molecule has 0 fully saturated rings. The van der Waals surface area contributed by atoms with E-state index in [4.69, 9.17) is 19.5 Å². The molecule has 26 heavy (non-hydrogen) atoms. The van der Waals surface area contributed by atoms with Crippen molar-refractivity contribution in [3.05, 3.63) is 35.4 Å². The molecule has 0 radical (unpaired) electrons. The molecule has 2 unspecified atom stereocenters. The second-order valence-corrected chi connectivity index (χ2v) is 7.86. The molecule has 0 N–H and O–H groups in total. The monoisotopic (exact) mass is 368 g/mol. The Balaban J connectivity index is 1.77. The van der Waals surface area contributed by atoms with Gasteiger partial charge in [-0.3, -0.25) is 0 Å². The third-order valence-corrected chi connectivity index (χ3v) is 5.82. The quantitative estimate of drug-likeness (QED) is 0.816. The third-order valence-electron chi connectivity index (χ3n) is 4.66. The zero-order valence-corrected chi connectivity index (χ0v) is 15.8. The Morgan fingerprint density at radius 3 is 2.77 bits per heavy atom. The van der Waals surface area contributed by atoms with Crippen molar-refractivity contribution in [2.24, 2.45) is 9.98 Å². The molecule has 0 spiro atoms. The molecule has 1 aromatic rings. The highest BCUT2D eigenvalue weighted by molar-refractivity contribution is 8.16. The molecule has 0 bridgehead atoms. The van der Waals surface area contributed by atoms with Crippen LogP contribution in [0.25, 0.3) is 0 Å². The second kappa shape index (κ2) is 6.36. The summed E-state index contributed by atoms with van der Waals surface area (Å²) in [4.78, 5) is 12.0. The Morgan fingerprint density at radius 2 is 2.04 bits per heavy atom. The molecule has 1 aromatic carbocycles. The van der Waals surface area contributed by atoms with Crippen molar-refractivity contribution in [2.45, 2.75) is 31.7 Å². The van der Waals surface area contributed by atoms with Crippen molar-refractivity contribution in [1.29, 1.82) is 5.26 Å². The van der Waals surface area contributed by atoms with Crippen LogP contribution in [-0.4, -0.2) is 40.4 Å². The molecule has 4 rings (SSSR count). The first kappa shape index (κ1) is 17.0. The van der Waals surface area contributed by atoms with Crippen LogP contribution in [0, 0.1) is 11.3 Å². The molecule has 0 saturated heterocycles. The number of hydrogen-bond acceptors (Lipinski definition) is 7. The maximum Gasteiger partial charge on any atom is 0.231 e. The molecular weight excluding hydrogens is 348 g/mol. The second-order valence-electron chi connectivity index (χ2n) is 6.42. The van der Waals surface area contributed by atoms with Crippen LogP contribution in [0.4, 0.5) is 0 Å². The van der Waals surface area contributed by atoms with Crippen LogP contribution in [0.3, 0.4) is 0 Å². The SMILES string of the molecule is CCN(CC)C1=NC(c2ccc3c(c2)OCO3)N=C2SC(C)(C#N)C=C21. The number of thioether (sulfide) groups is 1. The van der Waals surface area contributed by atoms with E-state index >= 15 is 0 Å². The Hall–Kier alpha value is -2.46. The summed E-state index contributed by atoms with van der Waals surface area (Å²) in [7, 11) is 0. The molecule has 134 valence electrons. The first-order chi connectivity index (χ1) is 12.6. The first-order valence-electron chi connectivity index (χ1n) is 8.71. The fourth-order valence-electron chi connectivity index (χ4n) is 3.26. The van der Waals surface area contributed by atoms with Crippen molar-refractivity contribution < 1.29 is 9.47 Å². The van der Waals surface area contributed by atoms with Gasteiger partial charge < -0.3 is 14.4 Å². The summed E-state index contributed by atoms with van der Waals surface area (Å²) in [5.74, 6) is 2.39. The van der Waals surface area contributed by atoms with E-state index in [9.17, 15) is 5.26 Å². The normalized spacial score (nSPS) is 25.8. The Labute approximate surface area is 157 Å². The Morgan fingerprint density at radius 1 is 1.27 bits per heavy atom. The number of nitrogens with zero attached hydrogens (tertiary/aromatic N) is 4. The zero-order chi connectivity index (χ0) is 18.3. The molecule has 3 aliphatic heterocycles. The molecule has 3 heterocycles. The molecule has 2 atom stereocenters. The summed E-state index contributed by atoms with van der Waals surface area (Å²) >= 11 is 1.50. The van der Waals surface area contributed by atoms with Crippen LogP contribution in [0.5, 0.6) is 11.5 Å². The number of amidine groups is 1. The van der Waals surface area contributed by atoms with Gasteiger partial charge in [0.15, 0.2) is 17.7 Å². The summed E-state index contributed by atoms with van der Waals surface area (Å²) < 4.78 is 10.3. The average Bonchev–Trinajstić information content (AvgIpc) is 3.25. The van der Waals surface area contributed by atoms with E-state index in [0.717, 1.165) is 46.6 Å². The Bertz CT molecular complexity index is 882. The van der Waals surface area contributed by atoms with Gasteiger partial charge in [0, 0.05) is 24.2 Å². The van der Waals surface area contributed by atoms with E-state index in [1.54, 1.807) is 0 Å². The van der Waals surface area contributed by atoms with Crippen LogP contribution in [-0.2, 0) is 0 Å². The highest BCUT2D eigenvalue weighted by atomic mass is 32.2. The zero-order valence-electron chi connectivity index (χ0n) is 15.0. The lowest BCUT2D eigenvalue weighted by Crippen LogP contribution is -2.35. The number of fused-ring (bicyclic) bond motifs is 2. The minimum atomic E-state index is -0.605. The summed E-state index contributed by atoms with van der Waals surface area (Å²) in [6.07, 6.45) is 1.64. The number of likely N-dealkylation sites (N-methyl/N-ethyl adjacent to an activating group) is 1. The summed E-state index contributed by atoms with van der Waals surface area (Å²) in [6.45, 7) is 8.08. The van der Waals surface area contributed by atoms with Gasteiger partial charge in [-0.05, 0) is 39.0 Å². The lowest BCUT2D eigenvalue weighted by atomic mass is 10.1. The number of aliphatic imine (C=N–C) groups is 2. The minimum Gasteiger partial charge on any atom is -0.454 e. The number of benzene rings is 1. The largest absolute Gasteiger partial charge is 0.454 e. The molecule has 7 heteroatoms. The van der Waals surface area contributed by atoms with E-state index < -0.39 is 4.75 Å². The predicted octanol–water partition coefficient (Wildman–Crippen LogP) is 3.52. The number of nitriles is 1. The Kier molecular flexibility index (Phi) is 4.16. The van der Waals surface area contributed by atoms with Gasteiger partial charge in [-0.15, -0.1) is 0 Å². The lowest BCUT2D eigenvalue weighted by Gasteiger charge is -2.28. The van der Waals surface area contributed by atoms with E-state index in [-0.39, 0.29) is 13.0 Å². The molecule has 0 aliphatic carbocycles. The standard InChI is InChI=1S/C19H20N4O2S/c1-4-23(5-2)17-13-9-19(3,10-20)26-18(13)22-16(21-17)12-6-7-14-15(8-12)25-11-24-14/h6-9,16H,4-5,11H2,1-3H3. The first-order valence-corrected chi connectivity index (χ1v) is 9.52. The van der Waals surface area contributed by atoms with Gasteiger partial charge in [0.2, 0.25) is 6.79 Å². The number of hydrogen-bond donors (Lipinski definition) is 0. The van der Waals surface area contributed by atoms with Gasteiger partial charge in [-0.25, -0.2) is 9.98 Å². The summed E-state index contributed by atoms with van der Waals surface area (Å²) in [5.41, 5.74) is 1.93. The molecule has 0 saturated carbocycles. The molecular formula is C19H20N4O2S. The maximum absolute atomic E-state index is 9.55. The molecule has 0 aromatic heterocycles. The van der Waals surface area contributed by atoms with Crippen LogP contribution in [0.15, 0.2) is 39.8 Å². The lowest BCUT2D eigenvalue weighted by molar-refractivity contribution is 0.174. The molecule has 0 amide bonds. The van der Waals surface area contributed by atoms with Crippen molar-refractivity contribution >= 4 is 22.6 Å². The molecule has 6 nitrogen and oxygen atoms in total. The van der Waals surface area contributed by atoms with Gasteiger partial charge in [-0.2, -0.15) is 5.26 Å². The van der Waals surface area contributed by atoms with Crippen molar-refractivity contribution in [3.63, 3.8) is 0 Å². The van der Waals surface area contributed by atoms with Crippen LogP contribution < -0.4 is 9.47 Å². The van der Waals surface area contributed by atoms with Crippen molar-refractivity contribution in [3.8, 4) is 17.6 Å². The highest BCUT2D eigenvalue weighted by Gasteiger charge is 2.39. The van der Waals surface area contributed by atoms with Crippen molar-refractivity contribution in [2.75, 3.05) is 19.9 Å². The maximum atomic E-state index is 9.55. The van der Waals surface area contributed by atoms with E-state index in [1.165, 1.54) is 11.8 Å². The fraction of sp³-hybridized carbons (Fsp3) is 0.421. The smallest absolute Gasteiger partial charge is 0.231 e. The van der Waals surface area contributed by atoms with Crippen LogP contribution in [0.2, 0.25) is 0 Å². The van der Waals surface area contributed by atoms with Gasteiger partial charge in [-0.1, -0.05) is 17.8 Å². The summed E-state index contributed by atoms with van der Waals surface area (Å²) in [5, 5.41) is 10.4. The molecule has 3 aliphatic rings. The topological polar surface area (TPSA) is 70.2 Å². The number of ether oxygens (including phenoxy) is 2. The van der Waals surface area contributed by atoms with Gasteiger partial charge in [0.1, 0.15) is 15.6 Å². The van der Waals surface area contributed by atoms with E-state index in [0.29, 0.717) is 0 Å². The van der Waals surface area contributed by atoms with Crippen LogP contribution >= 0.6 is 11.8 Å². The van der Waals surface area contributed by atoms with Gasteiger partial charge >= 0.3 is 0 Å².